The molecule has 0 aliphatic carbocycles. The Hall–Kier alpha value is -2.12. The molecule has 2 aromatic rings. The normalized spacial score (nSPS) is 19.5. The lowest BCUT2D eigenvalue weighted by Crippen LogP contribution is -2.37. The Morgan fingerprint density at radius 3 is 2.96 bits per heavy atom. The highest BCUT2D eigenvalue weighted by atomic mass is 16.7. The van der Waals surface area contributed by atoms with Gasteiger partial charge >= 0.3 is 0 Å². The first-order chi connectivity index (χ1) is 11.8. The first-order valence-electron chi connectivity index (χ1n) is 8.38. The van der Waals surface area contributed by atoms with E-state index in [0.29, 0.717) is 20.0 Å². The Bertz CT molecular complexity index is 731. The van der Waals surface area contributed by atoms with E-state index >= 15 is 0 Å². The Labute approximate surface area is 141 Å². The molecule has 0 N–H and O–H groups in total. The van der Waals surface area contributed by atoms with E-state index < -0.39 is 0 Å². The molecule has 0 bridgehead atoms. The highest BCUT2D eigenvalue weighted by molar-refractivity contribution is 5.44. The maximum Gasteiger partial charge on any atom is 0.231 e. The predicted molar refractivity (Wildman–Crippen MR) is 86.7 cm³/mol. The van der Waals surface area contributed by atoms with Crippen LogP contribution in [-0.4, -0.2) is 39.6 Å². The molecule has 3 heterocycles. The van der Waals surface area contributed by atoms with Crippen molar-refractivity contribution in [3.05, 3.63) is 35.4 Å². The van der Waals surface area contributed by atoms with Gasteiger partial charge in [-0.2, -0.15) is 0 Å². The molecule has 0 saturated carbocycles. The van der Waals surface area contributed by atoms with Crippen molar-refractivity contribution in [3.63, 3.8) is 0 Å². The van der Waals surface area contributed by atoms with Crippen molar-refractivity contribution in [1.29, 1.82) is 0 Å². The number of nitrogens with zero attached hydrogens (tertiary/aromatic N) is 4. The molecule has 1 atom stereocenters. The third-order valence-corrected chi connectivity index (χ3v) is 4.65. The number of rotatable bonds is 5. The molecule has 2 aliphatic heterocycles. The number of hydrogen-bond donors (Lipinski definition) is 0. The molecule has 0 unspecified atom stereocenters. The van der Waals surface area contributed by atoms with E-state index in [1.54, 1.807) is 0 Å². The molecule has 0 spiro atoms. The van der Waals surface area contributed by atoms with Crippen LogP contribution in [0.5, 0.6) is 11.5 Å². The summed E-state index contributed by atoms with van der Waals surface area (Å²) in [7, 11) is 0. The van der Waals surface area contributed by atoms with Crippen molar-refractivity contribution >= 4 is 0 Å². The quantitative estimate of drug-likeness (QED) is 0.837. The molecule has 128 valence electrons. The minimum absolute atomic E-state index is 0.215. The van der Waals surface area contributed by atoms with Crippen molar-refractivity contribution in [2.45, 2.75) is 39.6 Å². The fraction of sp³-hybridized carbons (Fsp3) is 0.529. The maximum atomic E-state index is 5.48. The molecule has 0 radical (unpaired) electrons. The van der Waals surface area contributed by atoms with E-state index in [1.165, 1.54) is 5.56 Å². The molecule has 2 aliphatic rings. The Kier molecular flexibility index (Phi) is 4.12. The summed E-state index contributed by atoms with van der Waals surface area (Å²) in [4.78, 5) is 2.41. The second-order valence-corrected chi connectivity index (χ2v) is 6.10. The average molecular weight is 330 g/mol. The third-order valence-electron chi connectivity index (χ3n) is 4.65. The van der Waals surface area contributed by atoms with Crippen molar-refractivity contribution in [2.75, 3.05) is 19.9 Å². The van der Waals surface area contributed by atoms with E-state index in [9.17, 15) is 0 Å². The molecule has 7 heteroatoms. The van der Waals surface area contributed by atoms with Gasteiger partial charge in [-0.3, -0.25) is 4.90 Å². The zero-order valence-electron chi connectivity index (χ0n) is 14.1. The van der Waals surface area contributed by atoms with Crippen LogP contribution >= 0.6 is 0 Å². The van der Waals surface area contributed by atoms with Crippen LogP contribution < -0.4 is 9.47 Å². The average Bonchev–Trinajstić information content (AvgIpc) is 3.22. The van der Waals surface area contributed by atoms with E-state index in [2.05, 4.69) is 38.7 Å². The molecule has 0 fully saturated rings. The highest BCUT2D eigenvalue weighted by Crippen LogP contribution is 2.34. The van der Waals surface area contributed by atoms with Gasteiger partial charge in [0.2, 0.25) is 6.79 Å². The fourth-order valence-corrected chi connectivity index (χ4v) is 3.28. The minimum atomic E-state index is 0.215. The minimum Gasteiger partial charge on any atom is -0.454 e. The van der Waals surface area contributed by atoms with Gasteiger partial charge in [-0.1, -0.05) is 6.07 Å². The van der Waals surface area contributed by atoms with Crippen molar-refractivity contribution in [1.82, 2.24) is 19.7 Å². The lowest BCUT2D eigenvalue weighted by atomic mass is 10.1. The number of hydrogen-bond acceptors (Lipinski definition) is 6. The second-order valence-electron chi connectivity index (χ2n) is 6.10. The van der Waals surface area contributed by atoms with Gasteiger partial charge in [0.25, 0.3) is 0 Å². The van der Waals surface area contributed by atoms with Gasteiger partial charge in [-0.05, 0) is 31.5 Å². The van der Waals surface area contributed by atoms with Gasteiger partial charge in [0.05, 0.1) is 6.04 Å². The van der Waals surface area contributed by atoms with E-state index in [4.69, 9.17) is 14.2 Å². The Balaban J connectivity index is 1.49. The van der Waals surface area contributed by atoms with Crippen molar-refractivity contribution in [3.8, 4) is 11.5 Å². The van der Waals surface area contributed by atoms with Gasteiger partial charge in [0, 0.05) is 26.2 Å². The van der Waals surface area contributed by atoms with Gasteiger partial charge in [0.15, 0.2) is 17.3 Å². The molecule has 1 aromatic heterocycles. The number of ether oxygens (including phenoxy) is 3. The van der Waals surface area contributed by atoms with Crippen LogP contribution in [0.25, 0.3) is 0 Å². The van der Waals surface area contributed by atoms with Gasteiger partial charge in [-0.25, -0.2) is 0 Å². The monoisotopic (exact) mass is 330 g/mol. The predicted octanol–water partition coefficient (Wildman–Crippen LogP) is 2.12. The maximum absolute atomic E-state index is 5.48. The lowest BCUT2D eigenvalue weighted by molar-refractivity contribution is 0.117. The molecule has 0 saturated heterocycles. The van der Waals surface area contributed by atoms with Crippen molar-refractivity contribution < 1.29 is 14.2 Å². The van der Waals surface area contributed by atoms with Crippen LogP contribution in [0.3, 0.4) is 0 Å². The topological polar surface area (TPSA) is 61.6 Å². The number of benzene rings is 1. The summed E-state index contributed by atoms with van der Waals surface area (Å²) in [5.74, 6) is 3.59. The molecule has 4 rings (SSSR count). The van der Waals surface area contributed by atoms with E-state index in [-0.39, 0.29) is 6.04 Å². The summed E-state index contributed by atoms with van der Waals surface area (Å²) in [6, 6.07) is 6.36. The van der Waals surface area contributed by atoms with Gasteiger partial charge in [0.1, 0.15) is 12.4 Å². The molecule has 7 nitrogen and oxygen atoms in total. The van der Waals surface area contributed by atoms with Gasteiger partial charge < -0.3 is 18.8 Å². The molecular weight excluding hydrogens is 308 g/mol. The Morgan fingerprint density at radius 2 is 2.08 bits per heavy atom. The van der Waals surface area contributed by atoms with Crippen LogP contribution in [0.15, 0.2) is 18.2 Å². The van der Waals surface area contributed by atoms with Crippen LogP contribution in [-0.2, 0) is 24.4 Å². The van der Waals surface area contributed by atoms with E-state index in [0.717, 1.165) is 42.8 Å². The zero-order chi connectivity index (χ0) is 16.5. The summed E-state index contributed by atoms with van der Waals surface area (Å²) >= 11 is 0. The standard InChI is InChI=1S/C17H22N4O3/c1-3-22-10-16-18-19-17-12(2)20(6-7-21(16)17)9-13-4-5-14-15(8-13)24-11-23-14/h4-5,8,12H,3,6-7,9-11H2,1-2H3/t12-/m0/s1. The highest BCUT2D eigenvalue weighted by Gasteiger charge is 2.28. The Morgan fingerprint density at radius 1 is 1.21 bits per heavy atom. The smallest absolute Gasteiger partial charge is 0.231 e. The van der Waals surface area contributed by atoms with Crippen LogP contribution in [0.1, 0.15) is 37.1 Å². The summed E-state index contributed by atoms with van der Waals surface area (Å²) in [6.07, 6.45) is 0. The molecular formula is C17H22N4O3. The first kappa shape index (κ1) is 15.4. The molecule has 0 amide bonds. The van der Waals surface area contributed by atoms with Crippen molar-refractivity contribution in [2.24, 2.45) is 0 Å². The summed E-state index contributed by atoms with van der Waals surface area (Å²) in [5, 5.41) is 8.69. The fourth-order valence-electron chi connectivity index (χ4n) is 3.28. The molecule has 24 heavy (non-hydrogen) atoms. The third kappa shape index (κ3) is 2.74. The SMILES string of the molecule is CCOCc1nnc2n1CCN(Cc1ccc3c(c1)OCO3)[C@H]2C. The van der Waals surface area contributed by atoms with Crippen LogP contribution in [0, 0.1) is 0 Å². The van der Waals surface area contributed by atoms with Gasteiger partial charge in [-0.15, -0.1) is 10.2 Å². The first-order valence-corrected chi connectivity index (χ1v) is 8.38. The lowest BCUT2D eigenvalue weighted by Gasteiger charge is -2.33. The summed E-state index contributed by atoms with van der Waals surface area (Å²) < 4.78 is 18.5. The number of fused-ring (bicyclic) bond motifs is 2. The summed E-state index contributed by atoms with van der Waals surface area (Å²) in [5.41, 5.74) is 1.22. The second kappa shape index (κ2) is 6.41. The summed E-state index contributed by atoms with van der Waals surface area (Å²) in [6.45, 7) is 8.39. The van der Waals surface area contributed by atoms with Crippen LogP contribution in [0.2, 0.25) is 0 Å². The van der Waals surface area contributed by atoms with E-state index in [1.807, 2.05) is 13.0 Å². The zero-order valence-corrected chi connectivity index (χ0v) is 14.1. The largest absolute Gasteiger partial charge is 0.454 e. The number of aromatic nitrogens is 3. The van der Waals surface area contributed by atoms with Crippen LogP contribution in [0.4, 0.5) is 0 Å². The molecule has 1 aromatic carbocycles.